The van der Waals surface area contributed by atoms with Crippen molar-refractivity contribution >= 4 is 11.9 Å². The lowest BCUT2D eigenvalue weighted by Crippen LogP contribution is -2.63. The summed E-state index contributed by atoms with van der Waals surface area (Å²) in [6.45, 7) is 3.83. The zero-order valence-corrected chi connectivity index (χ0v) is 14.1. The Morgan fingerprint density at radius 2 is 1.83 bits per heavy atom. The predicted molar refractivity (Wildman–Crippen MR) is 83.6 cm³/mol. The molecule has 0 heterocycles. The molecule has 4 unspecified atom stereocenters. The maximum Gasteiger partial charge on any atom is 0.330 e. The van der Waals surface area contributed by atoms with Crippen molar-refractivity contribution in [2.45, 2.75) is 52.4 Å². The number of rotatable bonds is 4. The molecule has 4 bridgehead atoms. The largest absolute Gasteiger partial charge is 0.478 e. The second kappa shape index (κ2) is 4.82. The zero-order valence-electron chi connectivity index (χ0n) is 14.1. The van der Waals surface area contributed by atoms with Crippen LogP contribution in [0.15, 0.2) is 11.6 Å². The fourth-order valence-corrected chi connectivity index (χ4v) is 6.74. The Labute approximate surface area is 136 Å². The monoisotopic (exact) mass is 322 g/mol. The molecule has 0 amide bonds. The number of carboxylic acid groups (broad SMARTS) is 1. The molecule has 4 aliphatic rings. The van der Waals surface area contributed by atoms with Crippen LogP contribution in [0.3, 0.4) is 0 Å². The number of ether oxygens (including phenoxy) is 1. The van der Waals surface area contributed by atoms with Gasteiger partial charge in [0.05, 0.1) is 12.5 Å². The molecule has 128 valence electrons. The van der Waals surface area contributed by atoms with E-state index >= 15 is 0 Å². The number of allylic oxidation sites excluding steroid dienone is 1. The summed E-state index contributed by atoms with van der Waals surface area (Å²) in [5.74, 6) is -1.12. The van der Waals surface area contributed by atoms with E-state index in [2.05, 4.69) is 6.92 Å². The summed E-state index contributed by atoms with van der Waals surface area (Å²) in [6.07, 6.45) is 6.45. The van der Waals surface area contributed by atoms with Gasteiger partial charge in [-0.25, -0.2) is 4.79 Å². The number of aliphatic hydroxyl groups is 1. The molecular formula is C18H26O5. The molecule has 23 heavy (non-hydrogen) atoms. The van der Waals surface area contributed by atoms with E-state index in [1.54, 1.807) is 6.92 Å². The minimum atomic E-state index is -0.920. The summed E-state index contributed by atoms with van der Waals surface area (Å²) in [5, 5.41) is 19.4. The SMILES string of the molecule is COC(=O)C12CC3(C)CC(C=C(C)C(=O)O)(CC(CO)(C3)C1)C2. The van der Waals surface area contributed by atoms with Gasteiger partial charge in [-0.3, -0.25) is 4.79 Å². The fourth-order valence-electron chi connectivity index (χ4n) is 6.74. The molecule has 0 radical (unpaired) electrons. The van der Waals surface area contributed by atoms with Crippen molar-refractivity contribution in [3.05, 3.63) is 11.6 Å². The average molecular weight is 322 g/mol. The third-order valence-corrected chi connectivity index (χ3v) is 6.29. The van der Waals surface area contributed by atoms with Gasteiger partial charge in [0.2, 0.25) is 0 Å². The van der Waals surface area contributed by atoms with Crippen LogP contribution in [0.1, 0.15) is 52.4 Å². The van der Waals surface area contributed by atoms with E-state index in [0.29, 0.717) is 18.4 Å². The number of carboxylic acids is 1. The number of carbonyl (C=O) groups excluding carboxylic acids is 1. The second-order valence-corrected chi connectivity index (χ2v) is 8.80. The van der Waals surface area contributed by atoms with Crippen LogP contribution in [0.4, 0.5) is 0 Å². The Kier molecular flexibility index (Phi) is 3.46. The van der Waals surface area contributed by atoms with Gasteiger partial charge in [0.25, 0.3) is 0 Å². The number of hydrogen-bond acceptors (Lipinski definition) is 4. The van der Waals surface area contributed by atoms with Crippen LogP contribution < -0.4 is 0 Å². The van der Waals surface area contributed by atoms with Gasteiger partial charge in [0.15, 0.2) is 0 Å². The molecule has 0 aromatic rings. The topological polar surface area (TPSA) is 83.8 Å². The minimum Gasteiger partial charge on any atom is -0.478 e. The molecule has 4 fully saturated rings. The highest BCUT2D eigenvalue weighted by Gasteiger charge is 2.68. The Balaban J connectivity index is 2.11. The van der Waals surface area contributed by atoms with Crippen molar-refractivity contribution in [3.8, 4) is 0 Å². The van der Waals surface area contributed by atoms with Gasteiger partial charge in [0.1, 0.15) is 0 Å². The highest BCUT2D eigenvalue weighted by Crippen LogP contribution is 2.74. The maximum absolute atomic E-state index is 12.6. The lowest BCUT2D eigenvalue weighted by atomic mass is 9.35. The van der Waals surface area contributed by atoms with Crippen molar-refractivity contribution in [1.82, 2.24) is 0 Å². The number of aliphatic carboxylic acids is 1. The van der Waals surface area contributed by atoms with Crippen LogP contribution in [-0.2, 0) is 14.3 Å². The quantitative estimate of drug-likeness (QED) is 0.614. The minimum absolute atomic E-state index is 0.0447. The Morgan fingerprint density at radius 1 is 1.13 bits per heavy atom. The summed E-state index contributed by atoms with van der Waals surface area (Å²) in [5.41, 5.74) is -0.948. The first-order valence-electron chi connectivity index (χ1n) is 8.23. The van der Waals surface area contributed by atoms with Crippen LogP contribution in [0.25, 0.3) is 0 Å². The number of aliphatic hydroxyl groups excluding tert-OH is 1. The third kappa shape index (κ3) is 2.40. The van der Waals surface area contributed by atoms with E-state index in [0.717, 1.165) is 25.7 Å². The summed E-state index contributed by atoms with van der Waals surface area (Å²) in [4.78, 5) is 23.9. The highest BCUT2D eigenvalue weighted by atomic mass is 16.5. The molecular weight excluding hydrogens is 296 g/mol. The first kappa shape index (κ1) is 16.5. The summed E-state index contributed by atoms with van der Waals surface area (Å²) in [7, 11) is 1.42. The van der Waals surface area contributed by atoms with Crippen LogP contribution in [-0.4, -0.2) is 35.9 Å². The lowest BCUT2D eigenvalue weighted by Gasteiger charge is -2.68. The number of methoxy groups -OCH3 is 1. The molecule has 4 atom stereocenters. The van der Waals surface area contributed by atoms with Crippen molar-refractivity contribution in [3.63, 3.8) is 0 Å². The van der Waals surface area contributed by atoms with Crippen molar-refractivity contribution in [1.29, 1.82) is 0 Å². The number of hydrogen-bond donors (Lipinski definition) is 2. The number of carbonyl (C=O) groups is 2. The van der Waals surface area contributed by atoms with Crippen molar-refractivity contribution in [2.75, 3.05) is 13.7 Å². The van der Waals surface area contributed by atoms with Crippen LogP contribution in [0.2, 0.25) is 0 Å². The van der Waals surface area contributed by atoms with Crippen molar-refractivity contribution < 1.29 is 24.5 Å². The fraction of sp³-hybridized carbons (Fsp3) is 0.778. The summed E-state index contributed by atoms with van der Waals surface area (Å²) in [6, 6.07) is 0. The van der Waals surface area contributed by atoms with Gasteiger partial charge >= 0.3 is 11.9 Å². The van der Waals surface area contributed by atoms with E-state index in [1.807, 2.05) is 6.08 Å². The smallest absolute Gasteiger partial charge is 0.330 e. The predicted octanol–water partition coefficient (Wildman–Crippen LogP) is 2.53. The maximum atomic E-state index is 12.6. The van der Waals surface area contributed by atoms with Gasteiger partial charge in [0, 0.05) is 12.2 Å². The highest BCUT2D eigenvalue weighted by molar-refractivity contribution is 5.86. The Bertz CT molecular complexity index is 596. The summed E-state index contributed by atoms with van der Waals surface area (Å²) < 4.78 is 5.11. The normalized spacial score (nSPS) is 45.1. The van der Waals surface area contributed by atoms with E-state index in [9.17, 15) is 19.8 Å². The third-order valence-electron chi connectivity index (χ3n) is 6.29. The van der Waals surface area contributed by atoms with Gasteiger partial charge < -0.3 is 14.9 Å². The van der Waals surface area contributed by atoms with Gasteiger partial charge in [-0.1, -0.05) is 13.0 Å². The van der Waals surface area contributed by atoms with Gasteiger partial charge in [-0.15, -0.1) is 0 Å². The molecule has 2 N–H and O–H groups in total. The first-order valence-corrected chi connectivity index (χ1v) is 8.23. The molecule has 4 rings (SSSR count). The van der Waals surface area contributed by atoms with Gasteiger partial charge in [-0.2, -0.15) is 0 Å². The Morgan fingerprint density at radius 3 is 2.39 bits per heavy atom. The lowest BCUT2D eigenvalue weighted by molar-refractivity contribution is -0.210. The van der Waals surface area contributed by atoms with Gasteiger partial charge in [-0.05, 0) is 61.7 Å². The molecule has 0 saturated heterocycles. The number of esters is 1. The summed E-state index contributed by atoms with van der Waals surface area (Å²) >= 11 is 0. The molecule has 0 aromatic heterocycles. The van der Waals surface area contributed by atoms with Crippen LogP contribution >= 0.6 is 0 Å². The molecule has 4 saturated carbocycles. The van der Waals surface area contributed by atoms with E-state index in [1.165, 1.54) is 7.11 Å². The zero-order chi connectivity index (χ0) is 17.1. The molecule has 5 nitrogen and oxygen atoms in total. The molecule has 0 spiro atoms. The Hall–Kier alpha value is -1.36. The van der Waals surface area contributed by atoms with Crippen LogP contribution in [0, 0.1) is 21.7 Å². The van der Waals surface area contributed by atoms with Crippen molar-refractivity contribution in [2.24, 2.45) is 21.7 Å². The van der Waals surface area contributed by atoms with Crippen LogP contribution in [0.5, 0.6) is 0 Å². The average Bonchev–Trinajstić information content (AvgIpc) is 2.43. The molecule has 0 aromatic carbocycles. The van der Waals surface area contributed by atoms with E-state index in [-0.39, 0.29) is 28.8 Å². The van der Waals surface area contributed by atoms with E-state index < -0.39 is 11.4 Å². The standard InChI is InChI=1S/C18H26O5/c1-12(13(20)21)4-16-5-15(2)6-17(8-16,11-19)10-18(7-15,9-16)14(22)23-3/h4,19H,5-11H2,1-3H3,(H,20,21). The molecule has 0 aliphatic heterocycles. The molecule has 4 aliphatic carbocycles. The first-order chi connectivity index (χ1) is 10.6. The molecule has 5 heteroatoms. The van der Waals surface area contributed by atoms with E-state index in [4.69, 9.17) is 4.74 Å². The second-order valence-electron chi connectivity index (χ2n) is 8.80.